The van der Waals surface area contributed by atoms with Gasteiger partial charge in [0.2, 0.25) is 0 Å². The molecule has 4 fully saturated rings. The molecule has 4 heterocycles. The number of hydrogen-bond donors (Lipinski definition) is 0. The van der Waals surface area contributed by atoms with Gasteiger partial charge in [-0.2, -0.15) is 0 Å². The number of Topliss-reactive ketones (excluding diaryl/α,β-unsaturated/α-hetero) is 1. The van der Waals surface area contributed by atoms with E-state index in [0.717, 1.165) is 66.8 Å². The summed E-state index contributed by atoms with van der Waals surface area (Å²) in [5.41, 5.74) is 4.05. The number of likely N-dealkylation sites (N-methyl/N-ethyl adjacent to an activating group) is 1. The maximum atomic E-state index is 15.2. The predicted molar refractivity (Wildman–Crippen MR) is 236 cm³/mol. The summed E-state index contributed by atoms with van der Waals surface area (Å²) in [4.78, 5) is 38.2. The van der Waals surface area contributed by atoms with Gasteiger partial charge in [0, 0.05) is 61.5 Å². The van der Waals surface area contributed by atoms with Crippen molar-refractivity contribution in [1.29, 1.82) is 0 Å². The fourth-order valence-electron chi connectivity index (χ4n) is 11.9. The number of carbonyl (C=O) groups is 2. The molecule has 62 heavy (non-hydrogen) atoms. The van der Waals surface area contributed by atoms with Gasteiger partial charge >= 0.3 is 5.97 Å². The second-order valence-electron chi connectivity index (χ2n) is 19.1. The minimum absolute atomic E-state index is 0.00217. The normalized spacial score (nSPS) is 40.1. The first-order chi connectivity index (χ1) is 29.8. The van der Waals surface area contributed by atoms with Crippen LogP contribution < -0.4 is 0 Å². The number of aromatic nitrogens is 1. The molecule has 0 N–H and O–H groups in total. The molecular weight excluding hydrogens is 809 g/mol. The third-order valence-corrected chi connectivity index (χ3v) is 16.4. The van der Waals surface area contributed by atoms with Crippen LogP contribution in [0.3, 0.4) is 0 Å². The molecule has 0 spiro atoms. The van der Waals surface area contributed by atoms with Crippen LogP contribution >= 0.6 is 11.3 Å². The predicted octanol–water partition coefficient (Wildman–Crippen LogP) is 8.00. The van der Waals surface area contributed by atoms with Crippen LogP contribution in [0.25, 0.3) is 10.6 Å². The molecule has 3 aliphatic carbocycles. The second kappa shape index (κ2) is 19.5. The molecule has 12 nitrogen and oxygen atoms in total. The number of allylic oxidation sites excluding steroid dienone is 2. The van der Waals surface area contributed by atoms with Gasteiger partial charge in [0.1, 0.15) is 29.4 Å². The lowest BCUT2D eigenvalue weighted by Crippen LogP contribution is -2.59. The van der Waals surface area contributed by atoms with Crippen molar-refractivity contribution in [2.45, 2.75) is 172 Å². The van der Waals surface area contributed by atoms with Crippen LogP contribution in [0, 0.1) is 30.6 Å². The number of benzene rings is 1. The fraction of sp³-hybridized carbons (Fsp3) is 0.735. The molecule has 0 radical (unpaired) electrons. The maximum absolute atomic E-state index is 15.2. The number of ether oxygens (including phenoxy) is 8. The Balaban J connectivity index is 1.14. The highest BCUT2D eigenvalue weighted by molar-refractivity contribution is 7.15. The molecule has 6 aliphatic rings. The second-order valence-corrected chi connectivity index (χ2v) is 20.2. The number of esters is 1. The van der Waals surface area contributed by atoms with Crippen LogP contribution in [-0.2, 0) is 47.5 Å². The minimum atomic E-state index is -0.659. The molecule has 17 atom stereocenters. The van der Waals surface area contributed by atoms with E-state index in [9.17, 15) is 4.79 Å². The molecular formula is C49H70N2O10S. The lowest BCUT2D eigenvalue weighted by molar-refractivity contribution is -0.314. The van der Waals surface area contributed by atoms with Crippen molar-refractivity contribution in [2.24, 2.45) is 23.7 Å². The van der Waals surface area contributed by atoms with Gasteiger partial charge in [-0.15, -0.1) is 11.3 Å². The first-order valence-electron chi connectivity index (χ1n) is 23.2. The average Bonchev–Trinajstić information content (AvgIpc) is 3.97. The number of ketones is 1. The number of rotatable bonds is 10. The lowest BCUT2D eigenvalue weighted by atomic mass is 9.67. The van der Waals surface area contributed by atoms with E-state index in [2.05, 4.69) is 70.1 Å². The number of nitrogens with zero attached hydrogens (tertiary/aromatic N) is 2. The van der Waals surface area contributed by atoms with E-state index in [1.54, 1.807) is 32.7 Å². The zero-order valence-electron chi connectivity index (χ0n) is 38.5. The number of aryl methyl sites for hydroxylation is 1. The van der Waals surface area contributed by atoms with Crippen LogP contribution in [-0.4, -0.2) is 125 Å². The molecule has 1 aromatic carbocycles. The third-order valence-electron chi connectivity index (χ3n) is 15.2. The van der Waals surface area contributed by atoms with Crippen molar-refractivity contribution < 1.29 is 47.5 Å². The average molecular weight is 879 g/mol. The van der Waals surface area contributed by atoms with Crippen LogP contribution in [0.4, 0.5) is 0 Å². The minimum Gasteiger partial charge on any atom is -0.462 e. The first kappa shape index (κ1) is 46.0. The monoisotopic (exact) mass is 878 g/mol. The van der Waals surface area contributed by atoms with Crippen LogP contribution in [0.5, 0.6) is 0 Å². The number of methoxy groups -OCH3 is 3. The maximum Gasteiger partial charge on any atom is 0.306 e. The van der Waals surface area contributed by atoms with Crippen LogP contribution in [0.15, 0.2) is 35.9 Å². The molecule has 342 valence electrons. The van der Waals surface area contributed by atoms with E-state index in [4.69, 9.17) is 42.9 Å². The first-order valence-corrected chi connectivity index (χ1v) is 24.0. The Morgan fingerprint density at radius 1 is 0.855 bits per heavy atom. The Kier molecular flexibility index (Phi) is 14.4. The van der Waals surface area contributed by atoms with E-state index in [0.29, 0.717) is 12.5 Å². The van der Waals surface area contributed by atoms with Crippen molar-refractivity contribution >= 4 is 23.1 Å². The lowest BCUT2D eigenvalue weighted by Gasteiger charge is -2.44. The fourth-order valence-corrected chi connectivity index (χ4v) is 13.3. The van der Waals surface area contributed by atoms with Gasteiger partial charge in [-0.1, -0.05) is 49.8 Å². The summed E-state index contributed by atoms with van der Waals surface area (Å²) in [5.74, 6) is -0.843. The standard InChI is InChI=1S/C49H70N2O10S/c1-11-30-13-12-14-38(61-40-20-19-37(51(6)7)27(4)57-40)26(3)43(53)36-23-33-32-21-31(60-49-46(56-10)45(55-9)44(54-8)28(5)58-49)22-35(32)42-47(41(33)34(36)24-39(52)59-30)62-48(50-42)29-17-15-25(2)16-18-29/h15-18,23,26-28,30-35,37-38,40-41,44-46,49H,11-14,19-22,24H2,1-10H3/t26-,27-,28+,30+,31+,32+,33+,34-,35-,37+,38+,40+,41-,44+,45-,46-,49+/m1/s1. The zero-order valence-corrected chi connectivity index (χ0v) is 39.3. The Morgan fingerprint density at radius 3 is 2.27 bits per heavy atom. The van der Waals surface area contributed by atoms with Crippen molar-refractivity contribution in [3.63, 3.8) is 0 Å². The summed E-state index contributed by atoms with van der Waals surface area (Å²) < 4.78 is 50.6. The van der Waals surface area contributed by atoms with Gasteiger partial charge in [0.05, 0.1) is 36.5 Å². The number of hydrogen-bond acceptors (Lipinski definition) is 13. The third kappa shape index (κ3) is 9.01. The molecule has 0 bridgehead atoms. The topological polar surface area (TPSA) is 124 Å². The van der Waals surface area contributed by atoms with E-state index in [-0.39, 0.29) is 96.8 Å². The highest BCUT2D eigenvalue weighted by Crippen LogP contribution is 2.63. The number of carbonyl (C=O) groups excluding carboxylic acids is 2. The summed E-state index contributed by atoms with van der Waals surface area (Å²) in [6.45, 7) is 10.3. The van der Waals surface area contributed by atoms with Gasteiger partial charge in [-0.25, -0.2) is 4.98 Å². The van der Waals surface area contributed by atoms with E-state index in [1.165, 1.54) is 10.4 Å². The highest BCUT2D eigenvalue weighted by atomic mass is 32.1. The van der Waals surface area contributed by atoms with Crippen molar-refractivity contribution in [3.05, 3.63) is 52.0 Å². The summed E-state index contributed by atoms with van der Waals surface area (Å²) in [5, 5.41) is 0.956. The van der Waals surface area contributed by atoms with Gasteiger partial charge in [0.25, 0.3) is 0 Å². The molecule has 0 amide bonds. The summed E-state index contributed by atoms with van der Waals surface area (Å²) in [6.07, 6.45) is 5.37. The van der Waals surface area contributed by atoms with E-state index in [1.807, 2.05) is 13.8 Å². The highest BCUT2D eigenvalue weighted by Gasteiger charge is 2.57. The van der Waals surface area contributed by atoms with Crippen molar-refractivity contribution in [1.82, 2.24) is 9.88 Å². The number of thiazole rings is 1. The largest absolute Gasteiger partial charge is 0.462 e. The quantitative estimate of drug-likeness (QED) is 0.215. The molecule has 8 rings (SSSR count). The smallest absolute Gasteiger partial charge is 0.306 e. The zero-order chi connectivity index (χ0) is 44.0. The molecule has 0 unspecified atom stereocenters. The Labute approximate surface area is 372 Å². The Morgan fingerprint density at radius 2 is 1.60 bits per heavy atom. The SMILES string of the molecule is CC[C@H]1CCC[C@H](O[C@H]2CC[C@H](N(C)C)[C@@H](C)O2)[C@@H](C)C(=O)C2=C[C@H]3[C@@H]4C[C@H](O[C@@H]5O[C@@H](C)[C@H](OC)[C@@H](OC)[C@H]5OC)C[C@H]4c4nc(-c5ccc(C)cc5)sc4[C@H]3[C@@H]2CC(=O)O1. The molecule has 13 heteroatoms. The number of cyclic esters (lactones) is 1. The van der Waals surface area contributed by atoms with Crippen molar-refractivity contribution in [3.8, 4) is 10.6 Å². The van der Waals surface area contributed by atoms with Crippen LogP contribution in [0.1, 0.15) is 113 Å². The molecule has 2 aromatic rings. The number of fused-ring (bicyclic) bond motifs is 8. The van der Waals surface area contributed by atoms with Gasteiger partial charge in [-0.05, 0) is 104 Å². The molecule has 3 saturated heterocycles. The molecule has 1 aromatic heterocycles. The Bertz CT molecular complexity index is 1900. The van der Waals surface area contributed by atoms with Gasteiger partial charge in [-0.3, -0.25) is 9.59 Å². The van der Waals surface area contributed by atoms with Crippen molar-refractivity contribution in [2.75, 3.05) is 35.4 Å². The van der Waals surface area contributed by atoms with Crippen LogP contribution in [0.2, 0.25) is 0 Å². The van der Waals surface area contributed by atoms with E-state index >= 15 is 4.79 Å². The van der Waals surface area contributed by atoms with Gasteiger partial charge < -0.3 is 42.8 Å². The van der Waals surface area contributed by atoms with Gasteiger partial charge in [0.15, 0.2) is 18.4 Å². The Hall–Kier alpha value is -2.59. The summed E-state index contributed by atoms with van der Waals surface area (Å²) >= 11 is 1.72. The molecule has 3 aliphatic heterocycles. The summed E-state index contributed by atoms with van der Waals surface area (Å²) in [6, 6.07) is 8.84. The van der Waals surface area contributed by atoms with E-state index < -0.39 is 18.3 Å². The summed E-state index contributed by atoms with van der Waals surface area (Å²) in [7, 11) is 9.17. The molecule has 1 saturated carbocycles.